The summed E-state index contributed by atoms with van der Waals surface area (Å²) >= 11 is 3.00. The minimum absolute atomic E-state index is 0.00347. The molecule has 0 bridgehead atoms. The maximum absolute atomic E-state index is 12.0. The second-order valence-corrected chi connectivity index (χ2v) is 5.61. The quantitative estimate of drug-likeness (QED) is 0.823. The highest BCUT2D eigenvalue weighted by atomic mass is 32.1. The second-order valence-electron chi connectivity index (χ2n) is 3.48. The normalized spacial score (nSPS) is 10.4. The van der Waals surface area contributed by atoms with Gasteiger partial charge < -0.3 is 0 Å². The summed E-state index contributed by atoms with van der Waals surface area (Å²) in [4.78, 5) is 19.9. The van der Waals surface area contributed by atoms with Crippen LogP contribution in [0.2, 0.25) is 0 Å². The molecule has 84 valence electrons. The lowest BCUT2D eigenvalue weighted by Gasteiger charge is -2.11. The zero-order valence-electron chi connectivity index (χ0n) is 9.35. The topological polar surface area (TPSA) is 33.2 Å². The van der Waals surface area contributed by atoms with Crippen molar-refractivity contribution in [1.82, 2.24) is 4.98 Å². The number of aromatic nitrogens is 1. The first-order chi connectivity index (χ1) is 7.59. The molecule has 0 aliphatic rings. The Hall–Kier alpha value is -1.20. The van der Waals surface area contributed by atoms with E-state index in [0.717, 1.165) is 20.6 Å². The third-order valence-electron chi connectivity index (χ3n) is 2.34. The molecule has 2 aromatic rings. The summed E-state index contributed by atoms with van der Waals surface area (Å²) in [5.74, 6) is 0.00347. The van der Waals surface area contributed by atoms with Crippen LogP contribution < -0.4 is 4.90 Å². The molecule has 3 nitrogen and oxygen atoms in total. The molecule has 0 radical (unpaired) electrons. The minimum Gasteiger partial charge on any atom is -0.286 e. The number of aryl methyl sites for hydroxylation is 2. The molecular weight excluding hydrogens is 240 g/mol. The molecule has 0 saturated carbocycles. The van der Waals surface area contributed by atoms with Crippen LogP contribution in [0.25, 0.3) is 0 Å². The van der Waals surface area contributed by atoms with Gasteiger partial charge in [0.1, 0.15) is 0 Å². The molecular formula is C11H12N2OS2. The Morgan fingerprint density at radius 3 is 2.69 bits per heavy atom. The van der Waals surface area contributed by atoms with E-state index in [-0.39, 0.29) is 5.91 Å². The van der Waals surface area contributed by atoms with Crippen molar-refractivity contribution in [2.45, 2.75) is 13.8 Å². The van der Waals surface area contributed by atoms with Crippen molar-refractivity contribution < 1.29 is 4.79 Å². The van der Waals surface area contributed by atoms with E-state index in [1.165, 1.54) is 11.3 Å². The Labute approximate surface area is 102 Å². The van der Waals surface area contributed by atoms with Crippen LogP contribution in [-0.4, -0.2) is 17.9 Å². The molecule has 0 aromatic carbocycles. The molecule has 2 aromatic heterocycles. The number of nitrogens with zero attached hydrogens (tertiary/aromatic N) is 2. The molecule has 0 spiro atoms. The first-order valence-electron chi connectivity index (χ1n) is 4.85. The fourth-order valence-corrected chi connectivity index (χ4v) is 2.82. The fourth-order valence-electron chi connectivity index (χ4n) is 1.25. The number of hydrogen-bond donors (Lipinski definition) is 0. The van der Waals surface area contributed by atoms with E-state index in [4.69, 9.17) is 0 Å². The van der Waals surface area contributed by atoms with Gasteiger partial charge in [0, 0.05) is 11.9 Å². The summed E-state index contributed by atoms with van der Waals surface area (Å²) in [5.41, 5.74) is 0.992. The first-order valence-corrected chi connectivity index (χ1v) is 6.55. The Morgan fingerprint density at radius 2 is 2.19 bits per heavy atom. The van der Waals surface area contributed by atoms with Crippen molar-refractivity contribution in [2.75, 3.05) is 11.9 Å². The van der Waals surface area contributed by atoms with Crippen molar-refractivity contribution in [3.05, 3.63) is 33.0 Å². The van der Waals surface area contributed by atoms with E-state index < -0.39 is 0 Å². The summed E-state index contributed by atoms with van der Waals surface area (Å²) in [6, 6.07) is 3.71. The molecule has 0 atom stereocenters. The van der Waals surface area contributed by atoms with Crippen molar-refractivity contribution in [3.63, 3.8) is 0 Å². The lowest BCUT2D eigenvalue weighted by atomic mass is 10.4. The molecule has 0 unspecified atom stereocenters. The van der Waals surface area contributed by atoms with Crippen LogP contribution >= 0.6 is 22.7 Å². The van der Waals surface area contributed by atoms with Crippen LogP contribution in [0.1, 0.15) is 20.2 Å². The number of hydrogen-bond acceptors (Lipinski definition) is 4. The molecule has 2 rings (SSSR count). The number of thiazole rings is 1. The monoisotopic (exact) mass is 252 g/mol. The fraction of sp³-hybridized carbons (Fsp3) is 0.273. The van der Waals surface area contributed by atoms with Gasteiger partial charge in [-0.3, -0.25) is 9.69 Å². The second kappa shape index (κ2) is 4.35. The maximum Gasteiger partial charge on any atom is 0.269 e. The maximum atomic E-state index is 12.0. The minimum atomic E-state index is 0.00347. The van der Waals surface area contributed by atoms with Gasteiger partial charge in [0.15, 0.2) is 5.13 Å². The van der Waals surface area contributed by atoms with E-state index in [9.17, 15) is 4.79 Å². The third kappa shape index (κ3) is 2.01. The average Bonchev–Trinajstić information content (AvgIpc) is 2.87. The van der Waals surface area contributed by atoms with Crippen LogP contribution in [0.15, 0.2) is 17.5 Å². The van der Waals surface area contributed by atoms with Gasteiger partial charge in [-0.25, -0.2) is 4.98 Å². The predicted molar refractivity (Wildman–Crippen MR) is 68.6 cm³/mol. The van der Waals surface area contributed by atoms with E-state index in [1.807, 2.05) is 31.4 Å². The first kappa shape index (κ1) is 11.3. The van der Waals surface area contributed by atoms with E-state index >= 15 is 0 Å². The zero-order chi connectivity index (χ0) is 11.7. The molecule has 5 heteroatoms. The summed E-state index contributed by atoms with van der Waals surface area (Å²) in [6.45, 7) is 3.97. The average molecular weight is 252 g/mol. The molecule has 0 aliphatic heterocycles. The Balaban J connectivity index is 2.25. The number of anilines is 1. The van der Waals surface area contributed by atoms with Gasteiger partial charge in [0.05, 0.1) is 10.6 Å². The summed E-state index contributed by atoms with van der Waals surface area (Å²) in [5, 5.41) is 2.66. The number of amides is 1. The van der Waals surface area contributed by atoms with Crippen LogP contribution in [0, 0.1) is 13.8 Å². The zero-order valence-corrected chi connectivity index (χ0v) is 11.0. The van der Waals surface area contributed by atoms with Crippen molar-refractivity contribution in [2.24, 2.45) is 0 Å². The Morgan fingerprint density at radius 1 is 1.44 bits per heavy atom. The Kier molecular flexibility index (Phi) is 3.07. The molecule has 0 N–H and O–H groups in total. The predicted octanol–water partition coefficient (Wildman–Crippen LogP) is 3.10. The van der Waals surface area contributed by atoms with Gasteiger partial charge in [-0.2, -0.15) is 0 Å². The van der Waals surface area contributed by atoms with Crippen molar-refractivity contribution >= 4 is 33.7 Å². The van der Waals surface area contributed by atoms with Gasteiger partial charge in [0.25, 0.3) is 5.91 Å². The van der Waals surface area contributed by atoms with Gasteiger partial charge >= 0.3 is 0 Å². The lowest BCUT2D eigenvalue weighted by Crippen LogP contribution is -2.25. The number of rotatable bonds is 2. The standard InChI is InChI=1S/C11H12N2OS2/c1-7-8(2)16-11(12-7)13(3)10(14)9-5-4-6-15-9/h4-6H,1-3H3. The lowest BCUT2D eigenvalue weighted by molar-refractivity contribution is 0.0997. The van der Waals surface area contributed by atoms with Crippen LogP contribution in [0.3, 0.4) is 0 Å². The summed E-state index contributed by atoms with van der Waals surface area (Å²) in [7, 11) is 1.76. The largest absolute Gasteiger partial charge is 0.286 e. The van der Waals surface area contributed by atoms with E-state index in [2.05, 4.69) is 4.98 Å². The molecule has 0 fully saturated rings. The van der Waals surface area contributed by atoms with E-state index in [1.54, 1.807) is 23.3 Å². The highest BCUT2D eigenvalue weighted by Gasteiger charge is 2.17. The molecule has 0 aliphatic carbocycles. The number of carbonyl (C=O) groups is 1. The molecule has 1 amide bonds. The highest BCUT2D eigenvalue weighted by Crippen LogP contribution is 2.25. The smallest absolute Gasteiger partial charge is 0.269 e. The number of thiophene rings is 1. The van der Waals surface area contributed by atoms with Gasteiger partial charge in [-0.1, -0.05) is 6.07 Å². The SMILES string of the molecule is Cc1nc(N(C)C(=O)c2cccs2)sc1C. The molecule has 2 heterocycles. The summed E-state index contributed by atoms with van der Waals surface area (Å²) < 4.78 is 0. The van der Waals surface area contributed by atoms with Crippen LogP contribution in [-0.2, 0) is 0 Å². The Bertz CT molecular complexity index is 483. The molecule has 16 heavy (non-hydrogen) atoms. The summed E-state index contributed by atoms with van der Waals surface area (Å²) in [6.07, 6.45) is 0. The highest BCUT2D eigenvalue weighted by molar-refractivity contribution is 7.16. The van der Waals surface area contributed by atoms with Gasteiger partial charge in [-0.15, -0.1) is 22.7 Å². The van der Waals surface area contributed by atoms with Gasteiger partial charge in [0.2, 0.25) is 0 Å². The van der Waals surface area contributed by atoms with Crippen LogP contribution in [0.5, 0.6) is 0 Å². The van der Waals surface area contributed by atoms with Crippen LogP contribution in [0.4, 0.5) is 5.13 Å². The van der Waals surface area contributed by atoms with Crippen molar-refractivity contribution in [1.29, 1.82) is 0 Å². The number of carbonyl (C=O) groups excluding carboxylic acids is 1. The van der Waals surface area contributed by atoms with E-state index in [0.29, 0.717) is 0 Å². The van der Waals surface area contributed by atoms with Gasteiger partial charge in [-0.05, 0) is 25.3 Å². The third-order valence-corrected chi connectivity index (χ3v) is 4.35. The molecule has 0 saturated heterocycles. The van der Waals surface area contributed by atoms with Crippen molar-refractivity contribution in [3.8, 4) is 0 Å².